The topological polar surface area (TPSA) is 51.1 Å². The SMILES string of the molecule is Cc1cc(C)nc(N2CCCC(OCc3ccccn3)C2)n1. The monoisotopic (exact) mass is 298 g/mol. The van der Waals surface area contributed by atoms with Crippen molar-refractivity contribution in [1.82, 2.24) is 15.0 Å². The number of hydrogen-bond acceptors (Lipinski definition) is 5. The van der Waals surface area contributed by atoms with E-state index in [1.807, 2.05) is 38.1 Å². The molecule has 2 aromatic rings. The summed E-state index contributed by atoms with van der Waals surface area (Å²) in [4.78, 5) is 15.6. The molecule has 5 heteroatoms. The summed E-state index contributed by atoms with van der Waals surface area (Å²) in [5.74, 6) is 0.823. The Balaban J connectivity index is 1.61. The number of ether oxygens (including phenoxy) is 1. The second-order valence-corrected chi connectivity index (χ2v) is 5.79. The molecule has 5 nitrogen and oxygen atoms in total. The summed E-state index contributed by atoms with van der Waals surface area (Å²) < 4.78 is 6.02. The van der Waals surface area contributed by atoms with Crippen LogP contribution in [-0.4, -0.2) is 34.1 Å². The highest BCUT2D eigenvalue weighted by atomic mass is 16.5. The molecule has 1 atom stereocenters. The fraction of sp³-hybridized carbons (Fsp3) is 0.471. The largest absolute Gasteiger partial charge is 0.370 e. The first-order valence-corrected chi connectivity index (χ1v) is 7.79. The molecule has 22 heavy (non-hydrogen) atoms. The summed E-state index contributed by atoms with van der Waals surface area (Å²) in [5, 5.41) is 0. The van der Waals surface area contributed by atoms with Gasteiger partial charge in [0.25, 0.3) is 0 Å². The van der Waals surface area contributed by atoms with Gasteiger partial charge in [-0.1, -0.05) is 6.07 Å². The predicted octanol–water partition coefficient (Wildman–Crippen LogP) is 2.67. The van der Waals surface area contributed by atoms with E-state index in [2.05, 4.69) is 19.9 Å². The molecule has 0 spiro atoms. The lowest BCUT2D eigenvalue weighted by Crippen LogP contribution is -2.40. The number of rotatable bonds is 4. The van der Waals surface area contributed by atoms with Crippen LogP contribution < -0.4 is 4.90 Å². The average molecular weight is 298 g/mol. The molecule has 0 saturated carbocycles. The Morgan fingerprint density at radius 3 is 2.77 bits per heavy atom. The maximum Gasteiger partial charge on any atom is 0.225 e. The molecule has 0 radical (unpaired) electrons. The summed E-state index contributed by atoms with van der Waals surface area (Å²) >= 11 is 0. The highest BCUT2D eigenvalue weighted by Gasteiger charge is 2.22. The number of nitrogens with zero attached hydrogens (tertiary/aromatic N) is 4. The molecule has 3 heterocycles. The van der Waals surface area contributed by atoms with Crippen LogP contribution in [0.15, 0.2) is 30.5 Å². The maximum atomic E-state index is 6.02. The van der Waals surface area contributed by atoms with Crippen molar-refractivity contribution in [3.63, 3.8) is 0 Å². The molecule has 2 aromatic heterocycles. The molecule has 116 valence electrons. The van der Waals surface area contributed by atoms with Crippen molar-refractivity contribution in [2.75, 3.05) is 18.0 Å². The van der Waals surface area contributed by atoms with Crippen molar-refractivity contribution in [3.05, 3.63) is 47.5 Å². The van der Waals surface area contributed by atoms with Gasteiger partial charge in [-0.3, -0.25) is 4.98 Å². The standard InChI is InChI=1S/C17H22N4O/c1-13-10-14(2)20-17(19-13)21-9-5-7-16(11-21)22-12-15-6-3-4-8-18-15/h3-4,6,8,10,16H,5,7,9,11-12H2,1-2H3. The van der Waals surface area contributed by atoms with Gasteiger partial charge in [0.05, 0.1) is 18.4 Å². The molecule has 1 fully saturated rings. The molecule has 0 aromatic carbocycles. The predicted molar refractivity (Wildman–Crippen MR) is 85.8 cm³/mol. The summed E-state index contributed by atoms with van der Waals surface area (Å²) in [6.45, 7) is 6.42. The summed E-state index contributed by atoms with van der Waals surface area (Å²) in [7, 11) is 0. The zero-order chi connectivity index (χ0) is 15.4. The lowest BCUT2D eigenvalue weighted by Gasteiger charge is -2.32. The molecular formula is C17H22N4O. The van der Waals surface area contributed by atoms with Gasteiger partial charge in [-0.2, -0.15) is 0 Å². The van der Waals surface area contributed by atoms with Crippen LogP contribution in [-0.2, 0) is 11.3 Å². The number of anilines is 1. The number of aryl methyl sites for hydroxylation is 2. The average Bonchev–Trinajstić information content (AvgIpc) is 2.53. The van der Waals surface area contributed by atoms with Gasteiger partial charge in [-0.15, -0.1) is 0 Å². The van der Waals surface area contributed by atoms with E-state index in [1.165, 1.54) is 0 Å². The zero-order valence-corrected chi connectivity index (χ0v) is 13.2. The van der Waals surface area contributed by atoms with E-state index in [-0.39, 0.29) is 6.10 Å². The fourth-order valence-electron chi connectivity index (χ4n) is 2.79. The Labute approximate surface area is 131 Å². The number of hydrogen-bond donors (Lipinski definition) is 0. The van der Waals surface area contributed by atoms with Crippen LogP contribution in [0.3, 0.4) is 0 Å². The van der Waals surface area contributed by atoms with E-state index in [1.54, 1.807) is 6.20 Å². The minimum Gasteiger partial charge on any atom is -0.370 e. The van der Waals surface area contributed by atoms with Crippen molar-refractivity contribution < 1.29 is 4.74 Å². The molecule has 0 bridgehead atoms. The summed E-state index contributed by atoms with van der Waals surface area (Å²) in [6, 6.07) is 7.90. The Morgan fingerprint density at radius 1 is 1.23 bits per heavy atom. The van der Waals surface area contributed by atoms with E-state index in [4.69, 9.17) is 4.74 Å². The van der Waals surface area contributed by atoms with Gasteiger partial charge < -0.3 is 9.64 Å². The summed E-state index contributed by atoms with van der Waals surface area (Å²) in [6.07, 6.45) is 4.19. The van der Waals surface area contributed by atoms with Gasteiger partial charge in [-0.25, -0.2) is 9.97 Å². The van der Waals surface area contributed by atoms with E-state index in [9.17, 15) is 0 Å². The van der Waals surface area contributed by atoms with Gasteiger partial charge in [0.15, 0.2) is 0 Å². The Hall–Kier alpha value is -2.01. The molecule has 0 N–H and O–H groups in total. The lowest BCUT2D eigenvalue weighted by atomic mass is 10.1. The molecule has 1 aliphatic heterocycles. The number of aromatic nitrogens is 3. The lowest BCUT2D eigenvalue weighted by molar-refractivity contribution is 0.0295. The van der Waals surface area contributed by atoms with Crippen LogP contribution in [0.2, 0.25) is 0 Å². The van der Waals surface area contributed by atoms with Gasteiger partial charge in [0, 0.05) is 30.7 Å². The van der Waals surface area contributed by atoms with Crippen molar-refractivity contribution in [2.45, 2.75) is 39.4 Å². The first kappa shape index (κ1) is 14.9. The molecule has 1 aliphatic rings. The van der Waals surface area contributed by atoms with Crippen LogP contribution in [0.5, 0.6) is 0 Å². The second-order valence-electron chi connectivity index (χ2n) is 5.79. The Morgan fingerprint density at radius 2 is 2.05 bits per heavy atom. The third kappa shape index (κ3) is 3.80. The first-order chi connectivity index (χ1) is 10.7. The highest BCUT2D eigenvalue weighted by Crippen LogP contribution is 2.19. The zero-order valence-electron chi connectivity index (χ0n) is 13.2. The fourth-order valence-corrected chi connectivity index (χ4v) is 2.79. The minimum absolute atomic E-state index is 0.208. The minimum atomic E-state index is 0.208. The Bertz CT molecular complexity index is 597. The number of piperidine rings is 1. The second kappa shape index (κ2) is 6.83. The normalized spacial score (nSPS) is 18.5. The molecule has 1 unspecified atom stereocenters. The van der Waals surface area contributed by atoms with Crippen LogP contribution >= 0.6 is 0 Å². The Kier molecular flexibility index (Phi) is 4.63. The molecule has 1 saturated heterocycles. The van der Waals surface area contributed by atoms with Gasteiger partial charge >= 0.3 is 0 Å². The third-order valence-corrected chi connectivity index (χ3v) is 3.82. The van der Waals surface area contributed by atoms with E-state index in [0.717, 1.165) is 49.0 Å². The van der Waals surface area contributed by atoms with E-state index >= 15 is 0 Å². The highest BCUT2D eigenvalue weighted by molar-refractivity contribution is 5.33. The molecular weight excluding hydrogens is 276 g/mol. The smallest absolute Gasteiger partial charge is 0.225 e. The molecule has 0 aliphatic carbocycles. The van der Waals surface area contributed by atoms with Crippen molar-refractivity contribution in [2.24, 2.45) is 0 Å². The first-order valence-electron chi connectivity index (χ1n) is 7.79. The number of pyridine rings is 1. The van der Waals surface area contributed by atoms with Gasteiger partial charge in [0.1, 0.15) is 0 Å². The van der Waals surface area contributed by atoms with Crippen molar-refractivity contribution in [3.8, 4) is 0 Å². The van der Waals surface area contributed by atoms with E-state index in [0.29, 0.717) is 6.61 Å². The van der Waals surface area contributed by atoms with Crippen LogP contribution in [0.4, 0.5) is 5.95 Å². The van der Waals surface area contributed by atoms with E-state index < -0.39 is 0 Å². The van der Waals surface area contributed by atoms with Crippen molar-refractivity contribution >= 4 is 5.95 Å². The summed E-state index contributed by atoms with van der Waals surface area (Å²) in [5.41, 5.74) is 3.00. The van der Waals surface area contributed by atoms with Gasteiger partial charge in [-0.05, 0) is 44.9 Å². The molecule has 0 amide bonds. The van der Waals surface area contributed by atoms with Crippen LogP contribution in [0.1, 0.15) is 29.9 Å². The van der Waals surface area contributed by atoms with Gasteiger partial charge in [0.2, 0.25) is 5.95 Å². The maximum absolute atomic E-state index is 6.02. The quantitative estimate of drug-likeness (QED) is 0.868. The van der Waals surface area contributed by atoms with Crippen LogP contribution in [0, 0.1) is 13.8 Å². The molecule has 3 rings (SSSR count). The third-order valence-electron chi connectivity index (χ3n) is 3.82. The van der Waals surface area contributed by atoms with Crippen LogP contribution in [0.25, 0.3) is 0 Å². The van der Waals surface area contributed by atoms with Crippen molar-refractivity contribution in [1.29, 1.82) is 0 Å².